The van der Waals surface area contributed by atoms with Crippen molar-refractivity contribution in [3.63, 3.8) is 0 Å². The van der Waals surface area contributed by atoms with E-state index >= 15 is 0 Å². The van der Waals surface area contributed by atoms with E-state index in [-0.39, 0.29) is 16.9 Å². The van der Waals surface area contributed by atoms with Crippen LogP contribution in [0.25, 0.3) is 0 Å². The lowest BCUT2D eigenvalue weighted by Crippen LogP contribution is -2.13. The van der Waals surface area contributed by atoms with Crippen molar-refractivity contribution in [2.75, 3.05) is 0 Å². The zero-order chi connectivity index (χ0) is 14.7. The average molecular weight is 329 g/mol. The predicted molar refractivity (Wildman–Crippen MR) is 82.5 cm³/mol. The molecular weight excluding hydrogens is 318 g/mol. The molecule has 5 heteroatoms. The molecule has 0 N–H and O–H groups in total. The Kier molecular flexibility index (Phi) is 5.08. The van der Waals surface area contributed by atoms with Gasteiger partial charge in [0, 0.05) is 15.5 Å². The van der Waals surface area contributed by atoms with Crippen molar-refractivity contribution in [3.05, 3.63) is 63.9 Å². The molecule has 0 aliphatic carbocycles. The van der Waals surface area contributed by atoms with E-state index in [0.29, 0.717) is 15.6 Å². The van der Waals surface area contributed by atoms with Gasteiger partial charge in [0.2, 0.25) is 0 Å². The summed E-state index contributed by atoms with van der Waals surface area (Å²) in [6.07, 6.45) is 0. The molecule has 2 rings (SSSR count). The van der Waals surface area contributed by atoms with Gasteiger partial charge in [-0.15, -0.1) is 11.8 Å². The molecule has 1 atom stereocenters. The van der Waals surface area contributed by atoms with Gasteiger partial charge in [-0.25, -0.2) is 4.39 Å². The Hall–Kier alpha value is -1.03. The number of thioether (sulfide) groups is 1. The van der Waals surface area contributed by atoms with Crippen LogP contribution in [0.2, 0.25) is 10.0 Å². The lowest BCUT2D eigenvalue weighted by Gasteiger charge is -2.11. The molecule has 0 spiro atoms. The first-order valence-corrected chi connectivity index (χ1v) is 7.52. The number of rotatable bonds is 4. The maximum Gasteiger partial charge on any atom is 0.177 e. The molecule has 0 bridgehead atoms. The standard InChI is InChI=1S/C15H11Cl2FOS/c1-9(20-12-5-3-11(18)4-6-12)15(19)13-7-2-10(16)8-14(13)17/h2-9H,1H3. The fourth-order valence-electron chi connectivity index (χ4n) is 1.68. The van der Waals surface area contributed by atoms with Crippen LogP contribution in [0.1, 0.15) is 17.3 Å². The van der Waals surface area contributed by atoms with E-state index in [9.17, 15) is 9.18 Å². The summed E-state index contributed by atoms with van der Waals surface area (Å²) in [5, 5.41) is 0.513. The van der Waals surface area contributed by atoms with Crippen LogP contribution < -0.4 is 0 Å². The molecule has 1 unspecified atom stereocenters. The number of hydrogen-bond acceptors (Lipinski definition) is 2. The quantitative estimate of drug-likeness (QED) is 0.544. The fourth-order valence-corrected chi connectivity index (χ4v) is 3.12. The first-order chi connectivity index (χ1) is 9.47. The highest BCUT2D eigenvalue weighted by atomic mass is 35.5. The number of carbonyl (C=O) groups is 1. The highest BCUT2D eigenvalue weighted by molar-refractivity contribution is 8.00. The molecule has 104 valence electrons. The monoisotopic (exact) mass is 328 g/mol. The molecule has 0 amide bonds. The summed E-state index contributed by atoms with van der Waals surface area (Å²) < 4.78 is 12.8. The van der Waals surface area contributed by atoms with Gasteiger partial charge in [0.05, 0.1) is 10.3 Å². The number of hydrogen-bond donors (Lipinski definition) is 0. The van der Waals surface area contributed by atoms with E-state index < -0.39 is 0 Å². The molecule has 0 saturated heterocycles. The summed E-state index contributed by atoms with van der Waals surface area (Å²) in [4.78, 5) is 13.2. The molecule has 0 heterocycles. The lowest BCUT2D eigenvalue weighted by molar-refractivity contribution is 0.0994. The topological polar surface area (TPSA) is 17.1 Å². The van der Waals surface area contributed by atoms with Crippen molar-refractivity contribution in [1.29, 1.82) is 0 Å². The zero-order valence-electron chi connectivity index (χ0n) is 10.6. The van der Waals surface area contributed by atoms with Crippen LogP contribution >= 0.6 is 35.0 Å². The smallest absolute Gasteiger partial charge is 0.177 e. The normalized spacial score (nSPS) is 12.2. The van der Waals surface area contributed by atoms with Crippen molar-refractivity contribution in [2.24, 2.45) is 0 Å². The summed E-state index contributed by atoms with van der Waals surface area (Å²) in [6, 6.07) is 10.8. The van der Waals surface area contributed by atoms with Crippen LogP contribution in [0.15, 0.2) is 47.4 Å². The maximum atomic E-state index is 12.8. The molecule has 2 aromatic carbocycles. The van der Waals surface area contributed by atoms with Crippen LogP contribution in [0, 0.1) is 5.82 Å². The van der Waals surface area contributed by atoms with Gasteiger partial charge in [0.15, 0.2) is 5.78 Å². The Morgan fingerprint density at radius 1 is 1.15 bits per heavy atom. The Morgan fingerprint density at radius 3 is 2.40 bits per heavy atom. The van der Waals surface area contributed by atoms with Crippen molar-refractivity contribution in [1.82, 2.24) is 0 Å². The van der Waals surface area contributed by atoms with Crippen molar-refractivity contribution in [2.45, 2.75) is 17.1 Å². The van der Waals surface area contributed by atoms with Crippen LogP contribution in [0.3, 0.4) is 0 Å². The Morgan fingerprint density at radius 2 is 1.80 bits per heavy atom. The van der Waals surface area contributed by atoms with E-state index in [2.05, 4.69) is 0 Å². The fraction of sp³-hybridized carbons (Fsp3) is 0.133. The van der Waals surface area contributed by atoms with E-state index in [4.69, 9.17) is 23.2 Å². The first kappa shape index (κ1) is 15.4. The minimum Gasteiger partial charge on any atom is -0.293 e. The second-order valence-corrected chi connectivity index (χ2v) is 6.46. The van der Waals surface area contributed by atoms with Crippen LogP contribution in [-0.2, 0) is 0 Å². The highest BCUT2D eigenvalue weighted by Crippen LogP contribution is 2.29. The van der Waals surface area contributed by atoms with Crippen LogP contribution in [0.4, 0.5) is 4.39 Å². The van der Waals surface area contributed by atoms with Crippen LogP contribution in [0.5, 0.6) is 0 Å². The SMILES string of the molecule is CC(Sc1ccc(F)cc1)C(=O)c1ccc(Cl)cc1Cl. The molecule has 0 aromatic heterocycles. The first-order valence-electron chi connectivity index (χ1n) is 5.89. The number of benzene rings is 2. The zero-order valence-corrected chi connectivity index (χ0v) is 12.9. The lowest BCUT2D eigenvalue weighted by atomic mass is 10.1. The van der Waals surface area contributed by atoms with Crippen LogP contribution in [-0.4, -0.2) is 11.0 Å². The Balaban J connectivity index is 2.14. The van der Waals surface area contributed by atoms with Gasteiger partial charge in [-0.05, 0) is 49.4 Å². The number of Topliss-reactive ketones (excluding diaryl/α,β-unsaturated/α-hetero) is 1. The molecular formula is C15H11Cl2FOS. The second kappa shape index (κ2) is 6.61. The average Bonchev–Trinajstić information content (AvgIpc) is 2.40. The number of ketones is 1. The molecule has 0 fully saturated rings. The van der Waals surface area contributed by atoms with E-state index in [1.54, 1.807) is 37.3 Å². The van der Waals surface area contributed by atoms with Gasteiger partial charge in [0.1, 0.15) is 5.82 Å². The van der Waals surface area contributed by atoms with E-state index in [0.717, 1.165) is 4.90 Å². The largest absolute Gasteiger partial charge is 0.293 e. The third-order valence-electron chi connectivity index (χ3n) is 2.69. The highest BCUT2D eigenvalue weighted by Gasteiger charge is 2.19. The molecule has 0 saturated carbocycles. The van der Waals surface area contributed by atoms with E-state index in [1.807, 2.05) is 0 Å². The Labute approximate surface area is 131 Å². The number of halogens is 3. The molecule has 1 nitrogen and oxygen atoms in total. The predicted octanol–water partition coefficient (Wildman–Crippen LogP) is 5.50. The van der Waals surface area contributed by atoms with Gasteiger partial charge < -0.3 is 0 Å². The van der Waals surface area contributed by atoms with Gasteiger partial charge >= 0.3 is 0 Å². The summed E-state index contributed by atoms with van der Waals surface area (Å²) in [7, 11) is 0. The third-order valence-corrected chi connectivity index (χ3v) is 4.35. The minimum absolute atomic E-state index is 0.0824. The maximum absolute atomic E-state index is 12.8. The molecule has 0 radical (unpaired) electrons. The molecule has 20 heavy (non-hydrogen) atoms. The molecule has 0 aliphatic heterocycles. The summed E-state index contributed by atoms with van der Waals surface area (Å²) in [5.74, 6) is -0.380. The molecule has 2 aromatic rings. The third kappa shape index (κ3) is 3.75. The summed E-state index contributed by atoms with van der Waals surface area (Å²) in [6.45, 7) is 1.79. The summed E-state index contributed by atoms with van der Waals surface area (Å²) >= 11 is 13.2. The Bertz CT molecular complexity index is 628. The van der Waals surface area contributed by atoms with Gasteiger partial charge in [0.25, 0.3) is 0 Å². The molecule has 0 aliphatic rings. The second-order valence-electron chi connectivity index (χ2n) is 4.20. The minimum atomic E-state index is -0.320. The van der Waals surface area contributed by atoms with Crippen molar-refractivity contribution < 1.29 is 9.18 Å². The number of carbonyl (C=O) groups excluding carboxylic acids is 1. The van der Waals surface area contributed by atoms with Crippen molar-refractivity contribution >= 4 is 40.7 Å². The summed E-state index contributed by atoms with van der Waals surface area (Å²) in [5.41, 5.74) is 0.443. The van der Waals surface area contributed by atoms with Gasteiger partial charge in [-0.2, -0.15) is 0 Å². The van der Waals surface area contributed by atoms with E-state index in [1.165, 1.54) is 23.9 Å². The van der Waals surface area contributed by atoms with Gasteiger partial charge in [-0.1, -0.05) is 23.2 Å². The van der Waals surface area contributed by atoms with Gasteiger partial charge in [-0.3, -0.25) is 4.79 Å². The van der Waals surface area contributed by atoms with Crippen molar-refractivity contribution in [3.8, 4) is 0 Å².